The molecule has 0 radical (unpaired) electrons. The predicted molar refractivity (Wildman–Crippen MR) is 102 cm³/mol. The van der Waals surface area contributed by atoms with Crippen LogP contribution in [0.3, 0.4) is 0 Å². The first-order chi connectivity index (χ1) is 13.7. The third-order valence-corrected chi connectivity index (χ3v) is 3.73. The van der Waals surface area contributed by atoms with E-state index in [0.717, 1.165) is 29.8 Å². The molecule has 3 rings (SSSR count). The largest absolute Gasteiger partial charge is 0.487 e. The van der Waals surface area contributed by atoms with Crippen LogP contribution in [0.15, 0.2) is 59.3 Å². The molecule has 0 N–H and O–H groups in total. The van der Waals surface area contributed by atoms with Gasteiger partial charge in [-0.3, -0.25) is 4.98 Å². The Bertz CT molecular complexity index is 905. The average Bonchev–Trinajstić information content (AvgIpc) is 3.18. The molecule has 7 nitrogen and oxygen atoms in total. The van der Waals surface area contributed by atoms with E-state index < -0.39 is 5.97 Å². The van der Waals surface area contributed by atoms with Gasteiger partial charge in [-0.15, -0.1) is 0 Å². The summed E-state index contributed by atoms with van der Waals surface area (Å²) < 4.78 is 15.8. The summed E-state index contributed by atoms with van der Waals surface area (Å²) in [6, 6.07) is 13.1. The highest BCUT2D eigenvalue weighted by Gasteiger charge is 2.07. The van der Waals surface area contributed by atoms with Crippen LogP contribution in [0, 0.1) is 0 Å². The molecule has 0 aliphatic rings. The van der Waals surface area contributed by atoms with Gasteiger partial charge in [0.05, 0.1) is 5.69 Å². The van der Waals surface area contributed by atoms with Crippen molar-refractivity contribution < 1.29 is 18.8 Å². The molecule has 0 bridgehead atoms. The monoisotopic (exact) mass is 379 g/mol. The highest BCUT2D eigenvalue weighted by Crippen LogP contribution is 2.14. The standard InChI is InChI=1S/C21H21N3O4/c1-2-5-19-23-20(28-24-19)15-27-21(25)12-9-16-7-10-18(11-8-16)26-14-17-6-3-4-13-22-17/h3-4,6-13H,2,5,14-15H2,1H3/b12-9+. The van der Waals surface area contributed by atoms with Crippen LogP contribution in [-0.4, -0.2) is 21.1 Å². The number of carbonyl (C=O) groups excluding carboxylic acids is 1. The van der Waals surface area contributed by atoms with E-state index >= 15 is 0 Å². The third kappa shape index (κ3) is 6.05. The highest BCUT2D eigenvalue weighted by molar-refractivity contribution is 5.87. The Balaban J connectivity index is 1.44. The van der Waals surface area contributed by atoms with Crippen LogP contribution >= 0.6 is 0 Å². The SMILES string of the molecule is CCCc1noc(COC(=O)/C=C/c2ccc(OCc3ccccn3)cc2)n1. The molecule has 0 spiro atoms. The molecule has 0 aliphatic carbocycles. The van der Waals surface area contributed by atoms with Gasteiger partial charge in [0, 0.05) is 18.7 Å². The molecule has 2 aromatic heterocycles. The third-order valence-electron chi connectivity index (χ3n) is 3.73. The minimum Gasteiger partial charge on any atom is -0.487 e. The molecule has 0 unspecified atom stereocenters. The lowest BCUT2D eigenvalue weighted by Crippen LogP contribution is -2.01. The number of pyridine rings is 1. The van der Waals surface area contributed by atoms with Gasteiger partial charge in [0.1, 0.15) is 12.4 Å². The van der Waals surface area contributed by atoms with Crippen molar-refractivity contribution in [2.24, 2.45) is 0 Å². The fourth-order valence-corrected chi connectivity index (χ4v) is 2.34. The average molecular weight is 379 g/mol. The number of nitrogens with zero attached hydrogens (tertiary/aromatic N) is 3. The van der Waals surface area contributed by atoms with Gasteiger partial charge in [-0.1, -0.05) is 30.3 Å². The summed E-state index contributed by atoms with van der Waals surface area (Å²) in [4.78, 5) is 20.2. The zero-order valence-corrected chi connectivity index (χ0v) is 15.6. The second-order valence-corrected chi connectivity index (χ2v) is 5.97. The first-order valence-corrected chi connectivity index (χ1v) is 9.02. The van der Waals surface area contributed by atoms with Crippen LogP contribution in [0.1, 0.15) is 36.3 Å². The number of ether oxygens (including phenoxy) is 2. The quantitative estimate of drug-likeness (QED) is 0.413. The molecule has 1 aromatic carbocycles. The molecule has 2 heterocycles. The Hall–Kier alpha value is -3.48. The lowest BCUT2D eigenvalue weighted by Gasteiger charge is -2.05. The Kier molecular flexibility index (Phi) is 6.89. The molecule has 0 atom stereocenters. The molecule has 0 saturated heterocycles. The van der Waals surface area contributed by atoms with Crippen molar-refractivity contribution >= 4 is 12.0 Å². The lowest BCUT2D eigenvalue weighted by molar-refractivity contribution is -0.139. The smallest absolute Gasteiger partial charge is 0.331 e. The van der Waals surface area contributed by atoms with Crippen LogP contribution in [0.25, 0.3) is 6.08 Å². The van der Waals surface area contributed by atoms with E-state index in [1.165, 1.54) is 6.08 Å². The zero-order chi connectivity index (χ0) is 19.6. The van der Waals surface area contributed by atoms with Gasteiger partial charge in [0.25, 0.3) is 5.89 Å². The highest BCUT2D eigenvalue weighted by atomic mass is 16.6. The number of rotatable bonds is 9. The number of hydrogen-bond acceptors (Lipinski definition) is 7. The number of hydrogen-bond donors (Lipinski definition) is 0. The summed E-state index contributed by atoms with van der Waals surface area (Å²) in [6.07, 6.45) is 6.41. The molecule has 7 heteroatoms. The van der Waals surface area contributed by atoms with Crippen molar-refractivity contribution in [3.05, 3.63) is 77.7 Å². The summed E-state index contributed by atoms with van der Waals surface area (Å²) >= 11 is 0. The number of esters is 1. The molecule has 0 fully saturated rings. The molecule has 0 saturated carbocycles. The molecule has 0 amide bonds. The Labute approximate surface area is 163 Å². The first kappa shape index (κ1) is 19.3. The van der Waals surface area contributed by atoms with E-state index in [9.17, 15) is 4.79 Å². The van der Waals surface area contributed by atoms with Crippen molar-refractivity contribution in [1.82, 2.24) is 15.1 Å². The van der Waals surface area contributed by atoms with Crippen LogP contribution in [0.5, 0.6) is 5.75 Å². The van der Waals surface area contributed by atoms with Gasteiger partial charge in [-0.2, -0.15) is 4.98 Å². The number of aryl methyl sites for hydroxylation is 1. The van der Waals surface area contributed by atoms with Crippen LogP contribution < -0.4 is 4.74 Å². The number of benzene rings is 1. The number of aromatic nitrogens is 3. The van der Waals surface area contributed by atoms with E-state index in [1.54, 1.807) is 12.3 Å². The van der Waals surface area contributed by atoms with Crippen LogP contribution in [0.4, 0.5) is 0 Å². The summed E-state index contributed by atoms with van der Waals surface area (Å²) in [5, 5.41) is 3.81. The summed E-state index contributed by atoms with van der Waals surface area (Å²) in [5.41, 5.74) is 1.71. The second kappa shape index (κ2) is 10.0. The van der Waals surface area contributed by atoms with Gasteiger partial charge in [-0.25, -0.2) is 4.79 Å². The van der Waals surface area contributed by atoms with E-state index in [2.05, 4.69) is 15.1 Å². The van der Waals surface area contributed by atoms with E-state index in [1.807, 2.05) is 49.4 Å². The molecule has 28 heavy (non-hydrogen) atoms. The molecule has 0 aliphatic heterocycles. The minimum atomic E-state index is -0.481. The zero-order valence-electron chi connectivity index (χ0n) is 15.6. The minimum absolute atomic E-state index is 0.0415. The maximum Gasteiger partial charge on any atom is 0.331 e. The van der Waals surface area contributed by atoms with Gasteiger partial charge >= 0.3 is 5.97 Å². The maximum atomic E-state index is 11.8. The summed E-state index contributed by atoms with van der Waals surface area (Å²) in [6.45, 7) is 2.39. The van der Waals surface area contributed by atoms with Crippen LogP contribution in [0.2, 0.25) is 0 Å². The molecule has 3 aromatic rings. The molecular formula is C21H21N3O4. The van der Waals surface area contributed by atoms with Gasteiger partial charge in [0.15, 0.2) is 12.4 Å². The number of carbonyl (C=O) groups is 1. The van der Waals surface area contributed by atoms with E-state index in [4.69, 9.17) is 14.0 Å². The van der Waals surface area contributed by atoms with Crippen molar-refractivity contribution in [1.29, 1.82) is 0 Å². The normalized spacial score (nSPS) is 10.9. The fourth-order valence-electron chi connectivity index (χ4n) is 2.34. The van der Waals surface area contributed by atoms with Crippen molar-refractivity contribution in [3.8, 4) is 5.75 Å². The van der Waals surface area contributed by atoms with Gasteiger partial charge in [0.2, 0.25) is 0 Å². The van der Waals surface area contributed by atoms with Crippen molar-refractivity contribution in [2.75, 3.05) is 0 Å². The molecular weight excluding hydrogens is 358 g/mol. The summed E-state index contributed by atoms with van der Waals surface area (Å²) in [5.74, 6) is 1.16. The topological polar surface area (TPSA) is 87.3 Å². The Morgan fingerprint density at radius 2 is 2.00 bits per heavy atom. The first-order valence-electron chi connectivity index (χ1n) is 9.02. The second-order valence-electron chi connectivity index (χ2n) is 5.97. The van der Waals surface area contributed by atoms with Crippen LogP contribution in [-0.2, 0) is 29.2 Å². The predicted octanol–water partition coefficient (Wildman–Crippen LogP) is 3.75. The Morgan fingerprint density at radius 3 is 2.75 bits per heavy atom. The van der Waals surface area contributed by atoms with Gasteiger partial charge < -0.3 is 14.0 Å². The van der Waals surface area contributed by atoms with Crippen molar-refractivity contribution in [2.45, 2.75) is 33.0 Å². The lowest BCUT2D eigenvalue weighted by atomic mass is 10.2. The van der Waals surface area contributed by atoms with Gasteiger partial charge in [-0.05, 0) is 42.3 Å². The van der Waals surface area contributed by atoms with Crippen molar-refractivity contribution in [3.63, 3.8) is 0 Å². The Morgan fingerprint density at radius 1 is 1.14 bits per heavy atom. The maximum absolute atomic E-state index is 11.8. The fraction of sp³-hybridized carbons (Fsp3) is 0.238. The van der Waals surface area contributed by atoms with E-state index in [-0.39, 0.29) is 6.61 Å². The van der Waals surface area contributed by atoms with E-state index in [0.29, 0.717) is 18.3 Å². The molecule has 144 valence electrons. The summed E-state index contributed by atoms with van der Waals surface area (Å²) in [7, 11) is 0.